The van der Waals surface area contributed by atoms with Gasteiger partial charge in [0.2, 0.25) is 11.8 Å². The van der Waals surface area contributed by atoms with E-state index < -0.39 is 17.9 Å². The van der Waals surface area contributed by atoms with Crippen LogP contribution < -0.4 is 10.6 Å². The summed E-state index contributed by atoms with van der Waals surface area (Å²) in [6.45, 7) is 0. The molecule has 1 fully saturated rings. The maximum atomic E-state index is 12.1. The lowest BCUT2D eigenvalue weighted by molar-refractivity contribution is -0.134. The van der Waals surface area contributed by atoms with E-state index in [4.69, 9.17) is 0 Å². The molecule has 3 rings (SSSR count). The lowest BCUT2D eigenvalue weighted by atomic mass is 10.1. The summed E-state index contributed by atoms with van der Waals surface area (Å²) in [5.74, 6) is -1.21. The molecule has 7 nitrogen and oxygen atoms in total. The summed E-state index contributed by atoms with van der Waals surface area (Å²) in [5, 5.41) is 4.78. The number of carbonyl (C=O) groups excluding carboxylic acids is 3. The van der Waals surface area contributed by atoms with Crippen molar-refractivity contribution in [2.45, 2.75) is 18.9 Å². The molecule has 1 unspecified atom stereocenters. The van der Waals surface area contributed by atoms with E-state index >= 15 is 0 Å². The average Bonchev–Trinajstić information content (AvgIpc) is 2.86. The van der Waals surface area contributed by atoms with E-state index in [0.29, 0.717) is 12.1 Å². The van der Waals surface area contributed by atoms with Crippen LogP contribution in [-0.2, 0) is 9.59 Å². The fourth-order valence-electron chi connectivity index (χ4n) is 2.11. The average molecular weight is 272 g/mol. The second-order valence-electron chi connectivity index (χ2n) is 4.57. The molecule has 0 spiro atoms. The van der Waals surface area contributed by atoms with Gasteiger partial charge in [-0.3, -0.25) is 19.7 Å². The zero-order valence-electron chi connectivity index (χ0n) is 10.5. The van der Waals surface area contributed by atoms with Crippen molar-refractivity contribution in [3.63, 3.8) is 0 Å². The smallest absolute Gasteiger partial charge is 0.272 e. The van der Waals surface area contributed by atoms with E-state index in [-0.39, 0.29) is 18.0 Å². The largest absolute Gasteiger partial charge is 0.339 e. The van der Waals surface area contributed by atoms with Gasteiger partial charge in [-0.15, -0.1) is 0 Å². The molecule has 2 N–H and O–H groups in total. The summed E-state index contributed by atoms with van der Waals surface area (Å²) >= 11 is 0. The molecule has 1 aliphatic rings. The molecule has 20 heavy (non-hydrogen) atoms. The monoisotopic (exact) mass is 272 g/mol. The molecular weight excluding hydrogens is 260 g/mol. The maximum Gasteiger partial charge on any atom is 0.272 e. The SMILES string of the molecule is O=C1CCC(NC(=O)c2cn3ccccc3n2)C(=O)N1. The fraction of sp³-hybridized carbons (Fsp3) is 0.231. The summed E-state index contributed by atoms with van der Waals surface area (Å²) in [7, 11) is 0. The maximum absolute atomic E-state index is 12.1. The van der Waals surface area contributed by atoms with Crippen LogP contribution in [0.25, 0.3) is 5.65 Å². The van der Waals surface area contributed by atoms with Crippen LogP contribution >= 0.6 is 0 Å². The zero-order chi connectivity index (χ0) is 14.1. The lowest BCUT2D eigenvalue weighted by Gasteiger charge is -2.21. The van der Waals surface area contributed by atoms with Gasteiger partial charge in [-0.25, -0.2) is 4.98 Å². The van der Waals surface area contributed by atoms with Gasteiger partial charge in [0.05, 0.1) is 0 Å². The van der Waals surface area contributed by atoms with E-state index in [9.17, 15) is 14.4 Å². The second kappa shape index (κ2) is 4.76. The first-order valence-electron chi connectivity index (χ1n) is 6.22. The van der Waals surface area contributed by atoms with Crippen molar-refractivity contribution in [3.05, 3.63) is 36.3 Å². The minimum atomic E-state index is -0.690. The third-order valence-corrected chi connectivity index (χ3v) is 3.14. The highest BCUT2D eigenvalue weighted by atomic mass is 16.2. The molecule has 0 saturated carbocycles. The van der Waals surface area contributed by atoms with Crippen LogP contribution in [0.3, 0.4) is 0 Å². The molecule has 0 aliphatic carbocycles. The Kier molecular flexibility index (Phi) is 2.94. The molecule has 0 radical (unpaired) electrons. The molecule has 1 saturated heterocycles. The van der Waals surface area contributed by atoms with Crippen molar-refractivity contribution < 1.29 is 14.4 Å². The lowest BCUT2D eigenvalue weighted by Crippen LogP contribution is -2.52. The molecule has 2 aromatic rings. The Hall–Kier alpha value is -2.70. The number of imidazole rings is 1. The van der Waals surface area contributed by atoms with E-state index in [0.717, 1.165) is 0 Å². The first-order valence-corrected chi connectivity index (χ1v) is 6.22. The zero-order valence-corrected chi connectivity index (χ0v) is 10.5. The Bertz CT molecular complexity index is 673. The minimum absolute atomic E-state index is 0.224. The number of hydrogen-bond acceptors (Lipinski definition) is 4. The van der Waals surface area contributed by atoms with Crippen LogP contribution in [0.4, 0.5) is 0 Å². The molecule has 0 aromatic carbocycles. The molecule has 0 bridgehead atoms. The van der Waals surface area contributed by atoms with Crippen molar-refractivity contribution in [3.8, 4) is 0 Å². The van der Waals surface area contributed by atoms with Crippen LogP contribution in [0.15, 0.2) is 30.6 Å². The number of nitrogens with one attached hydrogen (secondary N) is 2. The van der Waals surface area contributed by atoms with Gasteiger partial charge < -0.3 is 9.72 Å². The number of nitrogens with zero attached hydrogens (tertiary/aromatic N) is 2. The first kappa shape index (κ1) is 12.3. The first-order chi connectivity index (χ1) is 9.63. The highest BCUT2D eigenvalue weighted by Gasteiger charge is 2.28. The van der Waals surface area contributed by atoms with Crippen molar-refractivity contribution in [2.24, 2.45) is 0 Å². The van der Waals surface area contributed by atoms with Crippen molar-refractivity contribution in [1.29, 1.82) is 0 Å². The molecule has 2 aromatic heterocycles. The number of rotatable bonds is 2. The Morgan fingerprint density at radius 2 is 2.25 bits per heavy atom. The van der Waals surface area contributed by atoms with Gasteiger partial charge in [0.1, 0.15) is 17.4 Å². The van der Waals surface area contributed by atoms with Crippen molar-refractivity contribution in [2.75, 3.05) is 0 Å². The van der Waals surface area contributed by atoms with Gasteiger partial charge in [0.15, 0.2) is 0 Å². The highest BCUT2D eigenvalue weighted by molar-refractivity contribution is 6.03. The topological polar surface area (TPSA) is 92.6 Å². The summed E-state index contributed by atoms with van der Waals surface area (Å²) in [5.41, 5.74) is 0.891. The summed E-state index contributed by atoms with van der Waals surface area (Å²) in [6, 6.07) is 4.74. The molecule has 102 valence electrons. The number of fused-ring (bicyclic) bond motifs is 1. The second-order valence-corrected chi connectivity index (χ2v) is 4.57. The molecule has 3 amide bonds. The van der Waals surface area contributed by atoms with Crippen LogP contribution in [0.2, 0.25) is 0 Å². The number of aromatic nitrogens is 2. The number of piperidine rings is 1. The van der Waals surface area contributed by atoms with E-state index in [2.05, 4.69) is 15.6 Å². The van der Waals surface area contributed by atoms with Crippen LogP contribution in [0, 0.1) is 0 Å². The number of carbonyl (C=O) groups is 3. The van der Waals surface area contributed by atoms with Crippen molar-refractivity contribution in [1.82, 2.24) is 20.0 Å². The fourth-order valence-corrected chi connectivity index (χ4v) is 2.11. The molecular formula is C13H12N4O3. The molecule has 7 heteroatoms. The van der Waals surface area contributed by atoms with Crippen LogP contribution in [0.1, 0.15) is 23.3 Å². The Morgan fingerprint density at radius 3 is 3.00 bits per heavy atom. The molecule has 3 heterocycles. The van der Waals surface area contributed by atoms with E-state index in [1.165, 1.54) is 0 Å². The third kappa shape index (κ3) is 2.25. The number of pyridine rings is 1. The van der Waals surface area contributed by atoms with E-state index in [1.54, 1.807) is 22.9 Å². The Balaban J connectivity index is 1.76. The minimum Gasteiger partial charge on any atom is -0.339 e. The quantitative estimate of drug-likeness (QED) is 0.745. The predicted octanol–water partition coefficient (Wildman–Crippen LogP) is -0.131. The summed E-state index contributed by atoms with van der Waals surface area (Å²) in [6.07, 6.45) is 3.91. The van der Waals surface area contributed by atoms with Gasteiger partial charge in [-0.05, 0) is 18.6 Å². The molecule has 1 aliphatic heterocycles. The normalized spacial score (nSPS) is 18.9. The number of imide groups is 1. The van der Waals surface area contributed by atoms with Gasteiger partial charge in [-0.2, -0.15) is 0 Å². The number of amides is 3. The number of hydrogen-bond donors (Lipinski definition) is 2. The Morgan fingerprint density at radius 1 is 1.40 bits per heavy atom. The third-order valence-electron chi connectivity index (χ3n) is 3.14. The van der Waals surface area contributed by atoms with Gasteiger partial charge in [0.25, 0.3) is 5.91 Å². The summed E-state index contributed by atoms with van der Waals surface area (Å²) < 4.78 is 1.72. The van der Waals surface area contributed by atoms with Crippen LogP contribution in [-0.4, -0.2) is 33.1 Å². The Labute approximate surface area is 114 Å². The van der Waals surface area contributed by atoms with Crippen LogP contribution in [0.5, 0.6) is 0 Å². The van der Waals surface area contributed by atoms with Gasteiger partial charge >= 0.3 is 0 Å². The standard InChI is InChI=1S/C13H12N4O3/c18-11-5-4-8(12(19)16-11)15-13(20)9-7-17-6-2-1-3-10(17)14-9/h1-3,6-8H,4-5H2,(H,15,20)(H,16,18,19). The predicted molar refractivity (Wildman–Crippen MR) is 68.8 cm³/mol. The van der Waals surface area contributed by atoms with E-state index in [1.807, 2.05) is 12.1 Å². The van der Waals surface area contributed by atoms with Crippen molar-refractivity contribution >= 4 is 23.4 Å². The summed E-state index contributed by atoms with van der Waals surface area (Å²) in [4.78, 5) is 38.8. The van der Waals surface area contributed by atoms with Gasteiger partial charge in [-0.1, -0.05) is 6.07 Å². The van der Waals surface area contributed by atoms with Gasteiger partial charge in [0, 0.05) is 18.8 Å². The molecule has 1 atom stereocenters. The highest BCUT2D eigenvalue weighted by Crippen LogP contribution is 2.08.